The van der Waals surface area contributed by atoms with E-state index in [9.17, 15) is 8.78 Å². The van der Waals surface area contributed by atoms with Gasteiger partial charge in [0.15, 0.2) is 5.82 Å². The summed E-state index contributed by atoms with van der Waals surface area (Å²) in [5.41, 5.74) is 1.81. The van der Waals surface area contributed by atoms with Gasteiger partial charge in [-0.3, -0.25) is 4.90 Å². The normalized spacial score (nSPS) is 19.2. The van der Waals surface area contributed by atoms with E-state index >= 15 is 0 Å². The number of nitrogens with zero attached hydrogens (tertiary/aromatic N) is 5. The average Bonchev–Trinajstić information content (AvgIpc) is 3.25. The molecule has 36 heavy (non-hydrogen) atoms. The van der Waals surface area contributed by atoms with E-state index in [1.165, 1.54) is 6.07 Å². The maximum Gasteiger partial charge on any atom is 0.228 e. The van der Waals surface area contributed by atoms with Crippen molar-refractivity contribution in [2.24, 2.45) is 0 Å². The van der Waals surface area contributed by atoms with Gasteiger partial charge in [-0.2, -0.15) is 0 Å². The topological polar surface area (TPSA) is 77.3 Å². The molecule has 5 rings (SSSR count). The van der Waals surface area contributed by atoms with Crippen molar-refractivity contribution in [2.75, 3.05) is 38.3 Å². The number of hydrogen-bond acceptors (Lipinski definition) is 7. The van der Waals surface area contributed by atoms with E-state index in [0.717, 1.165) is 37.0 Å². The van der Waals surface area contributed by atoms with Crippen molar-refractivity contribution in [1.82, 2.24) is 24.4 Å². The van der Waals surface area contributed by atoms with Crippen LogP contribution in [-0.2, 0) is 16.0 Å². The van der Waals surface area contributed by atoms with Gasteiger partial charge in [0.1, 0.15) is 17.3 Å². The Balaban J connectivity index is 0.00000304. The molecule has 1 N–H and O–H groups in total. The summed E-state index contributed by atoms with van der Waals surface area (Å²) in [4.78, 5) is 15.1. The number of imidazole rings is 1. The van der Waals surface area contributed by atoms with Crippen molar-refractivity contribution in [1.29, 1.82) is 0 Å². The molecule has 0 amide bonds. The Morgan fingerprint density at radius 1 is 1.06 bits per heavy atom. The first-order valence-corrected chi connectivity index (χ1v) is 12.0. The summed E-state index contributed by atoms with van der Waals surface area (Å²) >= 11 is 0. The number of benzene rings is 1. The summed E-state index contributed by atoms with van der Waals surface area (Å²) in [6.45, 7) is 8.13. The zero-order valence-electron chi connectivity index (χ0n) is 20.4. The number of halogens is 3. The van der Waals surface area contributed by atoms with Crippen LogP contribution in [0.1, 0.15) is 37.2 Å². The van der Waals surface area contributed by atoms with Crippen molar-refractivity contribution in [3.63, 3.8) is 0 Å². The Kier molecular flexibility index (Phi) is 8.50. The predicted molar refractivity (Wildman–Crippen MR) is 135 cm³/mol. The van der Waals surface area contributed by atoms with Gasteiger partial charge in [-0.1, -0.05) is 6.07 Å². The minimum absolute atomic E-state index is 0. The van der Waals surface area contributed by atoms with Crippen LogP contribution in [0.15, 0.2) is 30.6 Å². The lowest BCUT2D eigenvalue weighted by atomic mass is 10.1. The molecule has 2 fully saturated rings. The fourth-order valence-electron chi connectivity index (χ4n) is 4.75. The van der Waals surface area contributed by atoms with Gasteiger partial charge in [-0.25, -0.2) is 23.7 Å². The van der Waals surface area contributed by atoms with Gasteiger partial charge in [-0.15, -0.1) is 12.4 Å². The number of rotatable bonds is 6. The zero-order valence-corrected chi connectivity index (χ0v) is 21.2. The van der Waals surface area contributed by atoms with E-state index < -0.39 is 11.6 Å². The maximum atomic E-state index is 14.9. The quantitative estimate of drug-likeness (QED) is 0.506. The standard InChI is InChI=1S/C25H30F2N6O2.ClH/c1-16-15-35-10-7-32(16)14-18-3-4-22(20(26)11-18)30-25-29-12-21(27)24(31-25)23-13-28-17(2)33(23)19-5-8-34-9-6-19;/h3-4,11-13,16,19H,5-10,14-15H2,1-2H3,(H,29,30,31);1H/t16-;/m1./s1. The minimum Gasteiger partial charge on any atom is -0.381 e. The molecule has 2 aromatic heterocycles. The molecule has 0 unspecified atom stereocenters. The van der Waals surface area contributed by atoms with Crippen LogP contribution in [0.3, 0.4) is 0 Å². The number of aryl methyl sites for hydroxylation is 1. The van der Waals surface area contributed by atoms with Crippen LogP contribution >= 0.6 is 12.4 Å². The highest BCUT2D eigenvalue weighted by molar-refractivity contribution is 5.85. The molecular formula is C25H31ClF2N6O2. The van der Waals surface area contributed by atoms with E-state index in [4.69, 9.17) is 9.47 Å². The Bertz CT molecular complexity index is 1190. The van der Waals surface area contributed by atoms with E-state index in [0.29, 0.717) is 38.7 Å². The average molecular weight is 521 g/mol. The predicted octanol–water partition coefficient (Wildman–Crippen LogP) is 4.66. The molecule has 11 heteroatoms. The lowest BCUT2D eigenvalue weighted by Crippen LogP contribution is -2.42. The molecule has 2 aliphatic heterocycles. The Labute approximate surface area is 215 Å². The molecular weight excluding hydrogens is 490 g/mol. The molecule has 0 bridgehead atoms. The van der Waals surface area contributed by atoms with Crippen molar-refractivity contribution in [3.05, 3.63) is 53.6 Å². The summed E-state index contributed by atoms with van der Waals surface area (Å²) < 4.78 is 42.7. The molecule has 0 radical (unpaired) electrons. The lowest BCUT2D eigenvalue weighted by Gasteiger charge is -2.33. The van der Waals surface area contributed by atoms with E-state index in [1.54, 1.807) is 12.3 Å². The monoisotopic (exact) mass is 520 g/mol. The smallest absolute Gasteiger partial charge is 0.228 e. The summed E-state index contributed by atoms with van der Waals surface area (Å²) in [5.74, 6) is -0.0666. The molecule has 4 heterocycles. The molecule has 1 aromatic carbocycles. The van der Waals surface area contributed by atoms with Crippen LogP contribution in [0, 0.1) is 18.6 Å². The first-order chi connectivity index (χ1) is 17.0. The Morgan fingerprint density at radius 3 is 2.61 bits per heavy atom. The van der Waals surface area contributed by atoms with Crippen LogP contribution in [0.4, 0.5) is 20.4 Å². The second kappa shape index (κ2) is 11.6. The fourth-order valence-corrected chi connectivity index (χ4v) is 4.75. The van der Waals surface area contributed by atoms with Gasteiger partial charge in [0, 0.05) is 38.4 Å². The van der Waals surface area contributed by atoms with Gasteiger partial charge in [-0.05, 0) is 44.4 Å². The van der Waals surface area contributed by atoms with Crippen LogP contribution < -0.4 is 5.32 Å². The fraction of sp³-hybridized carbons (Fsp3) is 0.480. The first kappa shape index (κ1) is 26.4. The van der Waals surface area contributed by atoms with Gasteiger partial charge >= 0.3 is 0 Å². The second-order valence-corrected chi connectivity index (χ2v) is 9.13. The number of morpholine rings is 1. The first-order valence-electron chi connectivity index (χ1n) is 12.0. The third-order valence-corrected chi connectivity index (χ3v) is 6.70. The molecule has 3 aromatic rings. The Hall–Kier alpha value is -2.66. The highest BCUT2D eigenvalue weighted by Gasteiger charge is 2.24. The Morgan fingerprint density at radius 2 is 1.86 bits per heavy atom. The largest absolute Gasteiger partial charge is 0.381 e. The highest BCUT2D eigenvalue weighted by Crippen LogP contribution is 2.31. The molecule has 0 saturated carbocycles. The summed E-state index contributed by atoms with van der Waals surface area (Å²) in [6, 6.07) is 5.50. The maximum absolute atomic E-state index is 14.9. The second-order valence-electron chi connectivity index (χ2n) is 9.13. The highest BCUT2D eigenvalue weighted by atomic mass is 35.5. The van der Waals surface area contributed by atoms with Crippen LogP contribution in [-0.4, -0.2) is 63.4 Å². The third kappa shape index (κ3) is 5.67. The summed E-state index contributed by atoms with van der Waals surface area (Å²) in [7, 11) is 0. The van der Waals surface area contributed by atoms with Crippen LogP contribution in [0.25, 0.3) is 11.4 Å². The third-order valence-electron chi connectivity index (χ3n) is 6.70. The van der Waals surface area contributed by atoms with Crippen molar-refractivity contribution >= 4 is 24.0 Å². The SMILES string of the molecule is Cc1ncc(-c2nc(Nc3ccc(CN4CCOC[C@H]4C)cc3F)ncc2F)n1C1CCOCC1.Cl. The molecule has 194 valence electrons. The molecule has 8 nitrogen and oxygen atoms in total. The number of ether oxygens (including phenoxy) is 2. The van der Waals surface area contributed by atoms with Crippen LogP contribution in [0.5, 0.6) is 0 Å². The zero-order chi connectivity index (χ0) is 24.4. The number of hydrogen-bond donors (Lipinski definition) is 1. The summed E-state index contributed by atoms with van der Waals surface area (Å²) in [5, 5.41) is 2.91. The number of nitrogens with one attached hydrogen (secondary N) is 1. The molecule has 2 aliphatic rings. The molecule has 2 saturated heterocycles. The minimum atomic E-state index is -0.556. The van der Waals surface area contributed by atoms with E-state index in [1.807, 2.05) is 17.6 Å². The van der Waals surface area contributed by atoms with E-state index in [-0.39, 0.29) is 41.8 Å². The number of aromatic nitrogens is 4. The molecule has 0 aliphatic carbocycles. The molecule has 0 spiro atoms. The van der Waals surface area contributed by atoms with Gasteiger partial charge in [0.05, 0.1) is 37.0 Å². The van der Waals surface area contributed by atoms with Gasteiger partial charge in [0.25, 0.3) is 0 Å². The summed E-state index contributed by atoms with van der Waals surface area (Å²) in [6.07, 6.45) is 4.38. The van der Waals surface area contributed by atoms with Crippen molar-refractivity contribution < 1.29 is 18.3 Å². The molecule has 1 atom stereocenters. The van der Waals surface area contributed by atoms with E-state index in [2.05, 4.69) is 32.1 Å². The van der Waals surface area contributed by atoms with Crippen LogP contribution in [0.2, 0.25) is 0 Å². The number of anilines is 2. The van der Waals surface area contributed by atoms with Crippen molar-refractivity contribution in [2.45, 2.75) is 45.3 Å². The van der Waals surface area contributed by atoms with Gasteiger partial charge < -0.3 is 19.4 Å². The lowest BCUT2D eigenvalue weighted by molar-refractivity contribution is -0.00439. The van der Waals surface area contributed by atoms with Gasteiger partial charge in [0.2, 0.25) is 5.95 Å². The van der Waals surface area contributed by atoms with Crippen molar-refractivity contribution in [3.8, 4) is 11.4 Å².